The first kappa shape index (κ1) is 12.9. The van der Waals surface area contributed by atoms with E-state index in [4.69, 9.17) is 10.3 Å². The topological polar surface area (TPSA) is 86.1 Å². The van der Waals surface area contributed by atoms with Gasteiger partial charge in [-0.2, -0.15) is 0 Å². The molecular formula is C14H18N4O2. The minimum absolute atomic E-state index is 0.343. The lowest BCUT2D eigenvalue weighted by molar-refractivity contribution is 0.0953. The van der Waals surface area contributed by atoms with Crippen LogP contribution in [0.15, 0.2) is 16.7 Å². The fourth-order valence-corrected chi connectivity index (χ4v) is 2.77. The maximum Gasteiger partial charge on any atom is 0.268 e. The number of aryl methyl sites for hydroxylation is 2. The van der Waals surface area contributed by atoms with Gasteiger partial charge in [0.15, 0.2) is 0 Å². The molecule has 0 radical (unpaired) electrons. The van der Waals surface area contributed by atoms with Crippen molar-refractivity contribution in [2.24, 2.45) is 5.84 Å². The third-order valence-electron chi connectivity index (χ3n) is 3.78. The van der Waals surface area contributed by atoms with Crippen LogP contribution in [-0.2, 0) is 19.4 Å². The van der Waals surface area contributed by atoms with Gasteiger partial charge in [0.1, 0.15) is 17.8 Å². The second-order valence-electron chi connectivity index (χ2n) is 5.12. The lowest BCUT2D eigenvalue weighted by Gasteiger charge is -2.13. The lowest BCUT2D eigenvalue weighted by Crippen LogP contribution is -2.29. The molecule has 6 heteroatoms. The Hall–Kier alpha value is -2.08. The number of nitrogens with zero attached hydrogens (tertiary/aromatic N) is 2. The Labute approximate surface area is 116 Å². The molecule has 106 valence electrons. The fourth-order valence-electron chi connectivity index (χ4n) is 2.77. The van der Waals surface area contributed by atoms with Crippen molar-refractivity contribution in [3.63, 3.8) is 0 Å². The van der Waals surface area contributed by atoms with E-state index < -0.39 is 0 Å². The monoisotopic (exact) mass is 274 g/mol. The van der Waals surface area contributed by atoms with Gasteiger partial charge in [0, 0.05) is 5.69 Å². The second kappa shape index (κ2) is 5.13. The van der Waals surface area contributed by atoms with Crippen molar-refractivity contribution >= 4 is 5.91 Å². The summed E-state index contributed by atoms with van der Waals surface area (Å²) in [6.07, 6.45) is 5.97. The molecule has 2 aromatic rings. The maximum atomic E-state index is 11.4. The normalized spacial score (nSPS) is 14.1. The Balaban J connectivity index is 1.86. The van der Waals surface area contributed by atoms with Crippen molar-refractivity contribution in [2.45, 2.75) is 39.2 Å². The highest BCUT2D eigenvalue weighted by Crippen LogP contribution is 2.23. The summed E-state index contributed by atoms with van der Waals surface area (Å²) < 4.78 is 7.62. The molecule has 1 amide bonds. The number of fused-ring (bicyclic) bond motifs is 1. The van der Waals surface area contributed by atoms with Gasteiger partial charge in [-0.1, -0.05) is 0 Å². The number of nitrogens with two attached hydrogens (primary N) is 1. The van der Waals surface area contributed by atoms with Gasteiger partial charge in [-0.3, -0.25) is 10.2 Å². The molecule has 2 aromatic heterocycles. The molecule has 0 saturated heterocycles. The van der Waals surface area contributed by atoms with Crippen LogP contribution in [0.5, 0.6) is 0 Å². The van der Waals surface area contributed by atoms with Gasteiger partial charge >= 0.3 is 0 Å². The van der Waals surface area contributed by atoms with E-state index in [1.807, 2.05) is 6.92 Å². The Kier molecular flexibility index (Phi) is 3.31. The molecule has 6 nitrogen and oxygen atoms in total. The van der Waals surface area contributed by atoms with Gasteiger partial charge in [0.25, 0.3) is 5.91 Å². The quantitative estimate of drug-likeness (QED) is 0.502. The number of amides is 1. The van der Waals surface area contributed by atoms with E-state index in [2.05, 4.69) is 15.0 Å². The van der Waals surface area contributed by atoms with Crippen LogP contribution in [0.3, 0.4) is 0 Å². The summed E-state index contributed by atoms with van der Waals surface area (Å²) in [6.45, 7) is 2.61. The third kappa shape index (κ3) is 2.22. The van der Waals surface area contributed by atoms with Crippen LogP contribution < -0.4 is 11.3 Å². The summed E-state index contributed by atoms with van der Waals surface area (Å²) in [5, 5.41) is 0. The lowest BCUT2D eigenvalue weighted by atomic mass is 10.0. The summed E-state index contributed by atoms with van der Waals surface area (Å²) >= 11 is 0. The Morgan fingerprint density at radius 3 is 3.10 bits per heavy atom. The van der Waals surface area contributed by atoms with E-state index in [0.29, 0.717) is 12.1 Å². The summed E-state index contributed by atoms with van der Waals surface area (Å²) in [4.78, 5) is 16.0. The molecule has 0 atom stereocenters. The van der Waals surface area contributed by atoms with E-state index in [1.54, 1.807) is 6.07 Å². The first-order valence-corrected chi connectivity index (χ1v) is 6.82. The number of nitrogen functional groups attached to an aromatic ring is 1. The van der Waals surface area contributed by atoms with Crippen LogP contribution in [-0.4, -0.2) is 15.5 Å². The van der Waals surface area contributed by atoms with E-state index in [9.17, 15) is 4.79 Å². The minimum Gasteiger partial charge on any atom is -0.467 e. The number of hydrogen-bond donors (Lipinski definition) is 2. The smallest absolute Gasteiger partial charge is 0.268 e. The molecule has 3 N–H and O–H groups in total. The molecule has 20 heavy (non-hydrogen) atoms. The molecule has 0 aromatic carbocycles. The summed E-state index contributed by atoms with van der Waals surface area (Å²) in [5.74, 6) is 6.50. The predicted octanol–water partition coefficient (Wildman–Crippen LogP) is 1.32. The maximum absolute atomic E-state index is 11.4. The number of aromatic nitrogens is 2. The average molecular weight is 274 g/mol. The predicted molar refractivity (Wildman–Crippen MR) is 73.1 cm³/mol. The molecule has 2 heterocycles. The number of carbonyl (C=O) groups is 1. The molecule has 0 spiro atoms. The molecule has 3 rings (SSSR count). The van der Waals surface area contributed by atoms with Crippen LogP contribution in [0.4, 0.5) is 0 Å². The number of imidazole rings is 1. The molecule has 0 aliphatic heterocycles. The van der Waals surface area contributed by atoms with Crippen LogP contribution in [0, 0.1) is 6.92 Å². The zero-order valence-corrected chi connectivity index (χ0v) is 11.5. The third-order valence-corrected chi connectivity index (χ3v) is 3.78. The number of hydrogen-bond acceptors (Lipinski definition) is 4. The summed E-state index contributed by atoms with van der Waals surface area (Å²) in [5.41, 5.74) is 5.05. The van der Waals surface area contributed by atoms with Crippen LogP contribution in [0.1, 0.15) is 46.2 Å². The van der Waals surface area contributed by atoms with Gasteiger partial charge in [0.2, 0.25) is 0 Å². The zero-order valence-electron chi connectivity index (χ0n) is 11.5. The van der Waals surface area contributed by atoms with Crippen molar-refractivity contribution in [2.75, 3.05) is 0 Å². The number of rotatable bonds is 3. The highest BCUT2D eigenvalue weighted by molar-refractivity contribution is 5.93. The summed E-state index contributed by atoms with van der Waals surface area (Å²) in [7, 11) is 0. The van der Waals surface area contributed by atoms with Crippen LogP contribution in [0.2, 0.25) is 0 Å². The van der Waals surface area contributed by atoms with E-state index >= 15 is 0 Å². The highest BCUT2D eigenvalue weighted by atomic mass is 16.3. The Bertz CT molecular complexity index is 642. The largest absolute Gasteiger partial charge is 0.467 e. The van der Waals surface area contributed by atoms with Crippen molar-refractivity contribution in [1.29, 1.82) is 0 Å². The molecule has 0 fully saturated rings. The molecule has 0 bridgehead atoms. The minimum atomic E-state index is -0.343. The van der Waals surface area contributed by atoms with E-state index in [-0.39, 0.29) is 5.91 Å². The first-order valence-electron chi connectivity index (χ1n) is 6.82. The van der Waals surface area contributed by atoms with Crippen LogP contribution >= 0.6 is 0 Å². The van der Waals surface area contributed by atoms with E-state index in [0.717, 1.165) is 24.4 Å². The first-order chi connectivity index (χ1) is 9.69. The number of carbonyl (C=O) groups excluding carboxylic acids is 1. The van der Waals surface area contributed by atoms with Crippen molar-refractivity contribution in [3.05, 3.63) is 40.9 Å². The number of hydrazine groups is 1. The van der Waals surface area contributed by atoms with Crippen LogP contribution in [0.25, 0.3) is 0 Å². The van der Waals surface area contributed by atoms with Gasteiger partial charge in [-0.05, 0) is 38.7 Å². The van der Waals surface area contributed by atoms with Crippen molar-refractivity contribution in [3.8, 4) is 0 Å². The number of nitrogens with one attached hydrogen (secondary N) is 1. The average Bonchev–Trinajstić information content (AvgIpc) is 3.04. The van der Waals surface area contributed by atoms with Gasteiger partial charge < -0.3 is 8.98 Å². The SMILES string of the molecule is Cc1nc2c(n1Cc1cc(C(=O)NN)co1)CCCC2. The van der Waals surface area contributed by atoms with Gasteiger partial charge in [-0.25, -0.2) is 10.8 Å². The molecule has 1 aliphatic carbocycles. The Morgan fingerprint density at radius 2 is 2.30 bits per heavy atom. The Morgan fingerprint density at radius 1 is 1.50 bits per heavy atom. The summed E-state index contributed by atoms with van der Waals surface area (Å²) in [6, 6.07) is 1.72. The van der Waals surface area contributed by atoms with Crippen molar-refractivity contribution < 1.29 is 9.21 Å². The van der Waals surface area contributed by atoms with E-state index in [1.165, 1.54) is 30.5 Å². The molecular weight excluding hydrogens is 256 g/mol. The fraction of sp³-hybridized carbons (Fsp3) is 0.429. The molecule has 0 unspecified atom stereocenters. The van der Waals surface area contributed by atoms with Crippen molar-refractivity contribution in [1.82, 2.24) is 15.0 Å². The highest BCUT2D eigenvalue weighted by Gasteiger charge is 2.19. The standard InChI is InChI=1S/C14H18N4O2/c1-9-16-12-4-2-3-5-13(12)18(9)7-11-6-10(8-20-11)14(19)17-15/h6,8H,2-5,7,15H2,1H3,(H,17,19). The zero-order chi connectivity index (χ0) is 14.1. The van der Waals surface area contributed by atoms with Gasteiger partial charge in [-0.15, -0.1) is 0 Å². The second-order valence-corrected chi connectivity index (χ2v) is 5.12. The molecule has 1 aliphatic rings. The number of furan rings is 1. The molecule has 0 saturated carbocycles. The van der Waals surface area contributed by atoms with Gasteiger partial charge in [0.05, 0.1) is 17.8 Å².